The van der Waals surface area contributed by atoms with Crippen molar-refractivity contribution in [2.75, 3.05) is 5.73 Å². The third-order valence-corrected chi connectivity index (χ3v) is 2.71. The van der Waals surface area contributed by atoms with Crippen molar-refractivity contribution in [2.24, 2.45) is 0 Å². The Balaban J connectivity index is 2.29. The number of thiazole rings is 1. The van der Waals surface area contributed by atoms with E-state index in [4.69, 9.17) is 5.73 Å². The molecule has 0 saturated heterocycles. The molecule has 2 aromatic heterocycles. The third-order valence-electron chi connectivity index (χ3n) is 1.83. The number of nitrogen functional groups attached to an aromatic ring is 1. The van der Waals surface area contributed by atoms with Crippen molar-refractivity contribution >= 4 is 16.5 Å². The van der Waals surface area contributed by atoms with Gasteiger partial charge in [-0.05, 0) is 17.7 Å². The van der Waals surface area contributed by atoms with E-state index in [9.17, 15) is 5.11 Å². The van der Waals surface area contributed by atoms with Crippen molar-refractivity contribution in [3.05, 3.63) is 41.2 Å². The molecule has 0 aliphatic rings. The van der Waals surface area contributed by atoms with Gasteiger partial charge >= 0.3 is 0 Å². The van der Waals surface area contributed by atoms with Crippen LogP contribution in [0, 0.1) is 0 Å². The minimum Gasteiger partial charge on any atom is -0.383 e. The first-order valence-corrected chi connectivity index (χ1v) is 4.88. The number of hydrogen-bond acceptors (Lipinski definition) is 5. The Bertz CT molecular complexity index is 415. The maximum absolute atomic E-state index is 9.89. The maximum Gasteiger partial charge on any atom is 0.180 e. The number of aliphatic hydroxyl groups excluding tert-OH is 1. The summed E-state index contributed by atoms with van der Waals surface area (Å²) in [7, 11) is 0. The van der Waals surface area contributed by atoms with E-state index in [-0.39, 0.29) is 0 Å². The van der Waals surface area contributed by atoms with Crippen molar-refractivity contribution in [3.63, 3.8) is 0 Å². The summed E-state index contributed by atoms with van der Waals surface area (Å²) in [6, 6.07) is 3.53. The van der Waals surface area contributed by atoms with E-state index in [1.807, 2.05) is 0 Å². The molecule has 0 bridgehead atoms. The Morgan fingerprint density at radius 3 is 2.64 bits per heavy atom. The second kappa shape index (κ2) is 3.73. The van der Waals surface area contributed by atoms with Gasteiger partial charge in [0.05, 0.1) is 4.88 Å². The van der Waals surface area contributed by atoms with Crippen LogP contribution in [0.1, 0.15) is 16.5 Å². The quantitative estimate of drug-likeness (QED) is 0.776. The molecule has 0 radical (unpaired) electrons. The van der Waals surface area contributed by atoms with Crippen molar-refractivity contribution in [3.8, 4) is 0 Å². The second-order valence-corrected chi connectivity index (χ2v) is 3.88. The third kappa shape index (κ3) is 1.73. The van der Waals surface area contributed by atoms with Crippen LogP contribution in [-0.2, 0) is 0 Å². The molecular weight excluding hydrogens is 198 g/mol. The number of pyridine rings is 1. The van der Waals surface area contributed by atoms with Gasteiger partial charge in [-0.25, -0.2) is 4.98 Å². The van der Waals surface area contributed by atoms with E-state index >= 15 is 0 Å². The molecule has 2 aromatic rings. The molecule has 3 N–H and O–H groups in total. The second-order valence-electron chi connectivity index (χ2n) is 2.78. The summed E-state index contributed by atoms with van der Waals surface area (Å²) in [4.78, 5) is 8.51. The Kier molecular flexibility index (Phi) is 2.43. The lowest BCUT2D eigenvalue weighted by atomic mass is 10.1. The van der Waals surface area contributed by atoms with E-state index in [1.54, 1.807) is 30.7 Å². The van der Waals surface area contributed by atoms with Crippen LogP contribution in [0.25, 0.3) is 0 Å². The zero-order valence-electron chi connectivity index (χ0n) is 7.29. The lowest BCUT2D eigenvalue weighted by Crippen LogP contribution is -1.96. The highest BCUT2D eigenvalue weighted by molar-refractivity contribution is 7.15. The fourth-order valence-corrected chi connectivity index (χ4v) is 1.84. The highest BCUT2D eigenvalue weighted by Gasteiger charge is 2.12. The summed E-state index contributed by atoms with van der Waals surface area (Å²) in [6.45, 7) is 0. The fraction of sp³-hybridized carbons (Fsp3) is 0.111. The lowest BCUT2D eigenvalue weighted by Gasteiger charge is -2.06. The maximum atomic E-state index is 9.89. The molecule has 2 rings (SSSR count). The summed E-state index contributed by atoms with van der Waals surface area (Å²) in [5.41, 5.74) is 6.27. The first kappa shape index (κ1) is 9.11. The van der Waals surface area contributed by atoms with Crippen LogP contribution in [0.3, 0.4) is 0 Å². The van der Waals surface area contributed by atoms with Gasteiger partial charge in [-0.1, -0.05) is 11.3 Å². The van der Waals surface area contributed by atoms with Crippen LogP contribution in [-0.4, -0.2) is 15.1 Å². The Morgan fingerprint density at radius 1 is 1.36 bits per heavy atom. The SMILES string of the molecule is Nc1ncc(C(O)c2ccncc2)s1. The van der Waals surface area contributed by atoms with Crippen molar-refractivity contribution in [1.29, 1.82) is 0 Å². The largest absolute Gasteiger partial charge is 0.383 e. The number of nitrogens with two attached hydrogens (primary N) is 1. The first-order valence-electron chi connectivity index (χ1n) is 4.06. The van der Waals surface area contributed by atoms with E-state index in [2.05, 4.69) is 9.97 Å². The van der Waals surface area contributed by atoms with Gasteiger partial charge in [0.2, 0.25) is 0 Å². The van der Waals surface area contributed by atoms with Gasteiger partial charge in [-0.15, -0.1) is 0 Å². The zero-order chi connectivity index (χ0) is 9.97. The minimum absolute atomic E-state index is 0.466. The van der Waals surface area contributed by atoms with Crippen LogP contribution < -0.4 is 5.73 Å². The monoisotopic (exact) mass is 207 g/mol. The van der Waals surface area contributed by atoms with Crippen LogP contribution in [0.4, 0.5) is 5.13 Å². The van der Waals surface area contributed by atoms with Gasteiger partial charge in [0.1, 0.15) is 6.10 Å². The number of nitrogens with zero attached hydrogens (tertiary/aromatic N) is 2. The number of aromatic nitrogens is 2. The molecule has 1 atom stereocenters. The summed E-state index contributed by atoms with van der Waals surface area (Å²) >= 11 is 1.29. The molecule has 1 unspecified atom stereocenters. The van der Waals surface area contributed by atoms with Gasteiger partial charge in [0.15, 0.2) is 5.13 Å². The molecule has 0 amide bonds. The Hall–Kier alpha value is -1.46. The van der Waals surface area contributed by atoms with Gasteiger partial charge in [-0.3, -0.25) is 4.98 Å². The molecular formula is C9H9N3OS. The van der Waals surface area contributed by atoms with Crippen molar-refractivity contribution in [1.82, 2.24) is 9.97 Å². The van der Waals surface area contributed by atoms with E-state index < -0.39 is 6.10 Å². The Labute approximate surface area is 85.1 Å². The molecule has 5 heteroatoms. The predicted molar refractivity (Wildman–Crippen MR) is 54.8 cm³/mol. The lowest BCUT2D eigenvalue weighted by molar-refractivity contribution is 0.224. The van der Waals surface area contributed by atoms with Gasteiger partial charge in [-0.2, -0.15) is 0 Å². The van der Waals surface area contributed by atoms with Gasteiger partial charge in [0.25, 0.3) is 0 Å². The summed E-state index contributed by atoms with van der Waals surface area (Å²) in [5.74, 6) is 0. The smallest absolute Gasteiger partial charge is 0.180 e. The van der Waals surface area contributed by atoms with Crippen LogP contribution in [0.15, 0.2) is 30.7 Å². The molecule has 14 heavy (non-hydrogen) atoms. The van der Waals surface area contributed by atoms with Crippen LogP contribution in [0.2, 0.25) is 0 Å². The summed E-state index contributed by atoms with van der Waals surface area (Å²) in [6.07, 6.45) is 4.21. The average molecular weight is 207 g/mol. The molecule has 0 fully saturated rings. The average Bonchev–Trinajstić information content (AvgIpc) is 2.65. The van der Waals surface area contributed by atoms with E-state index in [0.717, 1.165) is 10.4 Å². The molecule has 0 aromatic carbocycles. The van der Waals surface area contributed by atoms with Gasteiger partial charge in [0, 0.05) is 18.6 Å². The predicted octanol–water partition coefficient (Wildman–Crippen LogP) is 1.20. The first-order chi connectivity index (χ1) is 6.77. The number of hydrogen-bond donors (Lipinski definition) is 2. The molecule has 0 spiro atoms. The molecule has 2 heterocycles. The Morgan fingerprint density at radius 2 is 2.07 bits per heavy atom. The van der Waals surface area contributed by atoms with E-state index in [1.165, 1.54) is 11.3 Å². The zero-order valence-corrected chi connectivity index (χ0v) is 8.11. The normalized spacial score (nSPS) is 12.6. The van der Waals surface area contributed by atoms with Crippen LogP contribution in [0.5, 0.6) is 0 Å². The minimum atomic E-state index is -0.659. The number of rotatable bonds is 2. The summed E-state index contributed by atoms with van der Waals surface area (Å²) in [5, 5.41) is 10.4. The fourth-order valence-electron chi connectivity index (χ4n) is 1.14. The topological polar surface area (TPSA) is 72.0 Å². The molecule has 4 nitrogen and oxygen atoms in total. The highest BCUT2D eigenvalue weighted by atomic mass is 32.1. The number of anilines is 1. The molecule has 0 aliphatic carbocycles. The van der Waals surface area contributed by atoms with Crippen molar-refractivity contribution in [2.45, 2.75) is 6.10 Å². The molecule has 72 valence electrons. The summed E-state index contributed by atoms with van der Waals surface area (Å²) < 4.78 is 0. The number of aliphatic hydroxyl groups is 1. The van der Waals surface area contributed by atoms with Gasteiger partial charge < -0.3 is 10.8 Å². The van der Waals surface area contributed by atoms with E-state index in [0.29, 0.717) is 5.13 Å². The van der Waals surface area contributed by atoms with Crippen LogP contribution >= 0.6 is 11.3 Å². The molecule has 0 saturated carbocycles. The standard InChI is InChI=1S/C9H9N3OS/c10-9-12-5-7(14-9)8(13)6-1-3-11-4-2-6/h1-5,8,13H,(H2,10,12). The van der Waals surface area contributed by atoms with Crippen molar-refractivity contribution < 1.29 is 5.11 Å². The molecule has 0 aliphatic heterocycles. The highest BCUT2D eigenvalue weighted by Crippen LogP contribution is 2.27.